The van der Waals surface area contributed by atoms with Gasteiger partial charge in [-0.05, 0) is 0 Å². The molecule has 2 aromatic heterocycles. The Morgan fingerprint density at radius 2 is 2.42 bits per heavy atom. The molecule has 0 unspecified atom stereocenters. The molecule has 0 amide bonds. The van der Waals surface area contributed by atoms with Crippen LogP contribution < -0.4 is 10.6 Å². The monoisotopic (exact) mass is 284 g/mol. The molecule has 0 spiro atoms. The molecule has 19 heavy (non-hydrogen) atoms. The fourth-order valence-electron chi connectivity index (χ4n) is 2.14. The Morgan fingerprint density at radius 3 is 3.11 bits per heavy atom. The minimum absolute atomic E-state index is 0.0660. The molecule has 8 nitrogen and oxygen atoms in total. The predicted molar refractivity (Wildman–Crippen MR) is 67.7 cm³/mol. The highest BCUT2D eigenvalue weighted by molar-refractivity contribution is 7.16. The van der Waals surface area contributed by atoms with E-state index in [0.29, 0.717) is 10.3 Å². The summed E-state index contributed by atoms with van der Waals surface area (Å²) >= 11 is 0.987. The largest absolute Gasteiger partial charge is 0.394 e. The average Bonchev–Trinajstić information content (AvgIpc) is 2.88. The van der Waals surface area contributed by atoms with Crippen LogP contribution in [-0.2, 0) is 4.74 Å². The number of aliphatic hydroxyl groups excluding tert-OH is 2. The minimum atomic E-state index is -0.809. The van der Waals surface area contributed by atoms with Crippen molar-refractivity contribution in [1.29, 1.82) is 0 Å². The maximum absolute atomic E-state index is 12.0. The van der Waals surface area contributed by atoms with Gasteiger partial charge in [0.05, 0.1) is 23.6 Å². The number of nitrogens with zero attached hydrogens (tertiary/aromatic N) is 3. The van der Waals surface area contributed by atoms with Gasteiger partial charge in [0.25, 0.3) is 0 Å². The predicted octanol–water partition coefficient (Wildman–Crippen LogP) is -0.924. The third kappa shape index (κ3) is 2.00. The summed E-state index contributed by atoms with van der Waals surface area (Å²) in [5, 5.41) is 18.8. The van der Waals surface area contributed by atoms with E-state index in [1.54, 1.807) is 0 Å². The fourth-order valence-corrected chi connectivity index (χ4v) is 2.97. The van der Waals surface area contributed by atoms with Crippen molar-refractivity contribution in [3.05, 3.63) is 15.9 Å². The number of aromatic nitrogens is 3. The lowest BCUT2D eigenvalue weighted by atomic mass is 10.2. The normalized spacial score (nSPS) is 27.2. The van der Waals surface area contributed by atoms with Crippen LogP contribution in [0.5, 0.6) is 0 Å². The van der Waals surface area contributed by atoms with Crippen LogP contribution in [0, 0.1) is 0 Å². The molecule has 1 saturated heterocycles. The van der Waals surface area contributed by atoms with E-state index in [-0.39, 0.29) is 23.8 Å². The van der Waals surface area contributed by atoms with Crippen molar-refractivity contribution in [1.82, 2.24) is 14.5 Å². The van der Waals surface area contributed by atoms with Crippen LogP contribution in [0.2, 0.25) is 0 Å². The first-order valence-corrected chi connectivity index (χ1v) is 6.49. The smallest absolute Gasteiger partial charge is 0.311 e. The maximum atomic E-state index is 12.0. The van der Waals surface area contributed by atoms with E-state index in [1.807, 2.05) is 0 Å². The van der Waals surface area contributed by atoms with Crippen LogP contribution in [0.15, 0.2) is 11.0 Å². The van der Waals surface area contributed by atoms with Crippen LogP contribution in [0.4, 0.5) is 5.95 Å². The number of nitrogens with two attached hydrogens (primary N) is 1. The first-order chi connectivity index (χ1) is 9.10. The molecule has 3 heterocycles. The Bertz CT molecular complexity index is 669. The number of thiazole rings is 1. The molecule has 3 atom stereocenters. The van der Waals surface area contributed by atoms with Gasteiger partial charge >= 0.3 is 4.87 Å². The second-order valence-electron chi connectivity index (χ2n) is 4.27. The number of anilines is 1. The summed E-state index contributed by atoms with van der Waals surface area (Å²) in [7, 11) is 0. The molecule has 0 aromatic carbocycles. The van der Waals surface area contributed by atoms with Crippen LogP contribution in [0.1, 0.15) is 12.6 Å². The number of hydrogen-bond donors (Lipinski definition) is 3. The number of fused-ring (bicyclic) bond motifs is 1. The number of hydrogen-bond acceptors (Lipinski definition) is 8. The molecule has 2 aromatic rings. The summed E-state index contributed by atoms with van der Waals surface area (Å²) < 4.78 is 7.41. The van der Waals surface area contributed by atoms with Gasteiger partial charge in [-0.25, -0.2) is 4.98 Å². The highest BCUT2D eigenvalue weighted by Gasteiger charge is 2.36. The molecule has 1 aliphatic rings. The highest BCUT2D eigenvalue weighted by Crippen LogP contribution is 2.30. The van der Waals surface area contributed by atoms with Crippen molar-refractivity contribution in [3.8, 4) is 0 Å². The standard InChI is InChI=1S/C10H12N4O4S/c11-9-12-2-6-8(13-9)14(10(17)19-6)7-1-4(16)5(3-15)18-7/h2,4-5,7,15-16H,1,3H2,(H2,11,12,13)/t4-,5+,7+/m0/s1. The van der Waals surface area contributed by atoms with Gasteiger partial charge in [-0.15, -0.1) is 0 Å². The second kappa shape index (κ2) is 4.53. The van der Waals surface area contributed by atoms with Gasteiger partial charge < -0.3 is 20.7 Å². The third-order valence-corrected chi connectivity index (χ3v) is 3.93. The summed E-state index contributed by atoms with van der Waals surface area (Å²) in [6.45, 7) is -0.300. The highest BCUT2D eigenvalue weighted by atomic mass is 32.1. The molecule has 0 aliphatic carbocycles. The molecular weight excluding hydrogens is 272 g/mol. The Labute approximate surface area is 111 Å². The van der Waals surface area contributed by atoms with Crippen molar-refractivity contribution in [2.24, 2.45) is 0 Å². The Hall–Kier alpha value is -1.55. The van der Waals surface area contributed by atoms with E-state index < -0.39 is 18.4 Å². The lowest BCUT2D eigenvalue weighted by molar-refractivity contribution is -0.0437. The average molecular weight is 284 g/mol. The first kappa shape index (κ1) is 12.5. The van der Waals surface area contributed by atoms with Gasteiger partial charge in [0.15, 0.2) is 5.65 Å². The SMILES string of the molecule is Nc1ncc2sc(=O)n([C@H]3C[C@H](O)[C@@H](CO)O3)c2n1. The van der Waals surface area contributed by atoms with Gasteiger partial charge in [0, 0.05) is 6.42 Å². The molecule has 4 N–H and O–H groups in total. The van der Waals surface area contributed by atoms with E-state index in [0.717, 1.165) is 11.3 Å². The Kier molecular flexibility index (Phi) is 2.97. The van der Waals surface area contributed by atoms with Gasteiger partial charge in [-0.1, -0.05) is 11.3 Å². The first-order valence-electron chi connectivity index (χ1n) is 5.68. The lowest BCUT2D eigenvalue weighted by Crippen LogP contribution is -2.24. The van der Waals surface area contributed by atoms with Gasteiger partial charge in [0.2, 0.25) is 5.95 Å². The molecule has 1 fully saturated rings. The zero-order chi connectivity index (χ0) is 13.6. The molecule has 1 aliphatic heterocycles. The van der Waals surface area contributed by atoms with E-state index >= 15 is 0 Å². The molecule has 3 rings (SSSR count). The van der Waals surface area contributed by atoms with Crippen LogP contribution in [0.25, 0.3) is 10.3 Å². The summed E-state index contributed by atoms with van der Waals surface area (Å²) in [6, 6.07) is 0. The zero-order valence-corrected chi connectivity index (χ0v) is 10.6. The maximum Gasteiger partial charge on any atom is 0.311 e. The van der Waals surface area contributed by atoms with Crippen molar-refractivity contribution in [2.45, 2.75) is 24.9 Å². The number of nitrogen functional groups attached to an aromatic ring is 1. The van der Waals surface area contributed by atoms with Crippen molar-refractivity contribution in [2.75, 3.05) is 12.3 Å². The molecule has 102 valence electrons. The van der Waals surface area contributed by atoms with E-state index in [4.69, 9.17) is 15.6 Å². The van der Waals surface area contributed by atoms with E-state index in [2.05, 4.69) is 9.97 Å². The Morgan fingerprint density at radius 1 is 1.63 bits per heavy atom. The lowest BCUT2D eigenvalue weighted by Gasteiger charge is -2.13. The summed E-state index contributed by atoms with van der Waals surface area (Å²) in [5.41, 5.74) is 5.91. The minimum Gasteiger partial charge on any atom is -0.394 e. The van der Waals surface area contributed by atoms with E-state index in [1.165, 1.54) is 10.8 Å². The molecule has 0 radical (unpaired) electrons. The van der Waals surface area contributed by atoms with E-state index in [9.17, 15) is 9.90 Å². The molecule has 9 heteroatoms. The Balaban J connectivity index is 2.08. The summed E-state index contributed by atoms with van der Waals surface area (Å²) in [4.78, 5) is 19.6. The van der Waals surface area contributed by atoms with Gasteiger partial charge in [0.1, 0.15) is 12.3 Å². The molecular formula is C10H12N4O4S. The summed E-state index contributed by atoms with van der Waals surface area (Å²) in [6.07, 6.45) is -0.444. The zero-order valence-electron chi connectivity index (χ0n) is 9.76. The topological polar surface area (TPSA) is 123 Å². The van der Waals surface area contributed by atoms with Crippen LogP contribution >= 0.6 is 11.3 Å². The number of ether oxygens (including phenoxy) is 1. The fraction of sp³-hybridized carbons (Fsp3) is 0.500. The molecule has 0 bridgehead atoms. The van der Waals surface area contributed by atoms with Crippen molar-refractivity contribution < 1.29 is 14.9 Å². The van der Waals surface area contributed by atoms with Crippen LogP contribution in [-0.4, -0.2) is 43.6 Å². The number of aliphatic hydroxyl groups is 2. The quantitative estimate of drug-likeness (QED) is 0.651. The van der Waals surface area contributed by atoms with Crippen molar-refractivity contribution in [3.63, 3.8) is 0 Å². The molecule has 0 saturated carbocycles. The van der Waals surface area contributed by atoms with Crippen molar-refractivity contribution >= 4 is 27.6 Å². The number of rotatable bonds is 2. The van der Waals surface area contributed by atoms with Crippen LogP contribution in [0.3, 0.4) is 0 Å². The van der Waals surface area contributed by atoms with Gasteiger partial charge in [-0.2, -0.15) is 4.98 Å². The third-order valence-electron chi connectivity index (χ3n) is 3.05. The summed E-state index contributed by atoms with van der Waals surface area (Å²) in [5.74, 6) is 0.0660. The van der Waals surface area contributed by atoms with Gasteiger partial charge in [-0.3, -0.25) is 9.36 Å². The second-order valence-corrected chi connectivity index (χ2v) is 5.26.